The van der Waals surface area contributed by atoms with Gasteiger partial charge in [0.05, 0.1) is 6.54 Å². The van der Waals surface area contributed by atoms with Crippen LogP contribution < -0.4 is 10.6 Å². The Morgan fingerprint density at radius 1 is 0.867 bits per heavy atom. The third-order valence-corrected chi connectivity index (χ3v) is 4.21. The molecule has 2 rings (SSSR count). The number of rotatable bonds is 11. The zero-order valence-corrected chi connectivity index (χ0v) is 16.2. The lowest BCUT2D eigenvalue weighted by molar-refractivity contribution is -0.197. The Kier molecular flexibility index (Phi) is 8.20. The van der Waals surface area contributed by atoms with Gasteiger partial charge in [0.15, 0.2) is 0 Å². The van der Waals surface area contributed by atoms with Gasteiger partial charge >= 0.3 is 5.97 Å². The molecule has 1 saturated heterocycles. The topological polar surface area (TPSA) is 159 Å². The summed E-state index contributed by atoms with van der Waals surface area (Å²) in [5.74, 6) is -3.58. The summed E-state index contributed by atoms with van der Waals surface area (Å²) < 4.78 is 0. The average Bonchev–Trinajstić information content (AvgIpc) is 3.19. The molecule has 2 aliphatic rings. The molecule has 0 unspecified atom stereocenters. The van der Waals surface area contributed by atoms with Crippen LogP contribution in [0, 0.1) is 0 Å². The van der Waals surface area contributed by atoms with Crippen molar-refractivity contribution >= 4 is 41.4 Å². The van der Waals surface area contributed by atoms with Gasteiger partial charge in [-0.15, -0.1) is 5.06 Å². The number of imide groups is 2. The van der Waals surface area contributed by atoms with E-state index in [9.17, 15) is 33.6 Å². The van der Waals surface area contributed by atoms with E-state index in [1.807, 2.05) is 0 Å². The molecule has 12 heteroatoms. The number of hydrogen-bond donors (Lipinski definition) is 2. The zero-order chi connectivity index (χ0) is 22.1. The van der Waals surface area contributed by atoms with Gasteiger partial charge in [-0.2, -0.15) is 0 Å². The lowest BCUT2D eigenvalue weighted by Crippen LogP contribution is -2.38. The summed E-state index contributed by atoms with van der Waals surface area (Å²) in [5, 5.41) is 5.37. The van der Waals surface area contributed by atoms with Crippen molar-refractivity contribution in [3.05, 3.63) is 12.2 Å². The molecule has 0 atom stereocenters. The molecule has 0 spiro atoms. The van der Waals surface area contributed by atoms with Crippen LogP contribution in [0.5, 0.6) is 0 Å². The van der Waals surface area contributed by atoms with Crippen LogP contribution in [0.25, 0.3) is 0 Å². The second-order valence-corrected chi connectivity index (χ2v) is 6.54. The highest BCUT2D eigenvalue weighted by atomic mass is 16.7. The van der Waals surface area contributed by atoms with E-state index in [1.165, 1.54) is 0 Å². The van der Waals surface area contributed by atoms with E-state index < -0.39 is 41.4 Å². The molecule has 0 bridgehead atoms. The van der Waals surface area contributed by atoms with E-state index in [-0.39, 0.29) is 58.2 Å². The highest BCUT2D eigenvalue weighted by Crippen LogP contribution is 2.12. The minimum atomic E-state index is -0.758. The first-order valence-electron chi connectivity index (χ1n) is 9.41. The maximum atomic E-state index is 11.7. The molecule has 6 amide bonds. The summed E-state index contributed by atoms with van der Waals surface area (Å²) in [6.45, 7) is -0.00389. The molecular weight excluding hydrogens is 400 g/mol. The number of hydroxylamine groups is 2. The molecule has 0 aromatic rings. The summed E-state index contributed by atoms with van der Waals surface area (Å²) in [4.78, 5) is 86.1. The van der Waals surface area contributed by atoms with E-state index >= 15 is 0 Å². The fourth-order valence-electron chi connectivity index (χ4n) is 2.64. The molecular formula is C18H22N4O8. The Hall–Kier alpha value is -3.57. The van der Waals surface area contributed by atoms with Gasteiger partial charge in [-0.3, -0.25) is 33.7 Å². The normalized spacial score (nSPS) is 15.7. The average molecular weight is 422 g/mol. The van der Waals surface area contributed by atoms with Crippen LogP contribution in [0.1, 0.15) is 38.5 Å². The number of carbonyl (C=O) groups excluding carboxylic acids is 7. The fraction of sp³-hybridized carbons (Fsp3) is 0.500. The summed E-state index contributed by atoms with van der Waals surface area (Å²) in [7, 11) is 0. The third-order valence-electron chi connectivity index (χ3n) is 4.21. The van der Waals surface area contributed by atoms with E-state index in [0.29, 0.717) is 5.06 Å². The predicted molar refractivity (Wildman–Crippen MR) is 97.5 cm³/mol. The van der Waals surface area contributed by atoms with Crippen molar-refractivity contribution in [3.8, 4) is 0 Å². The van der Waals surface area contributed by atoms with E-state index in [2.05, 4.69) is 15.5 Å². The van der Waals surface area contributed by atoms with Crippen molar-refractivity contribution < 1.29 is 38.4 Å². The molecule has 0 aliphatic carbocycles. The Morgan fingerprint density at radius 2 is 1.50 bits per heavy atom. The first kappa shape index (κ1) is 22.7. The lowest BCUT2D eigenvalue weighted by atomic mass is 10.2. The SMILES string of the molecule is O=C(CCCN1C(=O)C=CC1=O)NCC(=O)NCCCC(=O)ON1C(=O)CCC1=O. The number of amides is 6. The van der Waals surface area contributed by atoms with Crippen molar-refractivity contribution in [2.75, 3.05) is 19.6 Å². The van der Waals surface area contributed by atoms with E-state index in [4.69, 9.17) is 0 Å². The Bertz CT molecular complexity index is 757. The van der Waals surface area contributed by atoms with Gasteiger partial charge in [0.25, 0.3) is 23.6 Å². The van der Waals surface area contributed by atoms with Crippen molar-refractivity contribution in [1.82, 2.24) is 20.6 Å². The summed E-state index contributed by atoms with van der Waals surface area (Å²) in [6.07, 6.45) is 2.79. The number of nitrogens with zero attached hydrogens (tertiary/aromatic N) is 2. The van der Waals surface area contributed by atoms with Crippen LogP contribution in [0.2, 0.25) is 0 Å². The summed E-state index contributed by atoms with van der Waals surface area (Å²) in [5.41, 5.74) is 0. The van der Waals surface area contributed by atoms with Crippen LogP contribution in [-0.2, 0) is 38.4 Å². The highest BCUT2D eigenvalue weighted by Gasteiger charge is 2.32. The Morgan fingerprint density at radius 3 is 2.13 bits per heavy atom. The first-order chi connectivity index (χ1) is 14.3. The molecule has 0 saturated carbocycles. The largest absolute Gasteiger partial charge is 0.355 e. The van der Waals surface area contributed by atoms with E-state index in [1.54, 1.807) is 0 Å². The molecule has 2 heterocycles. The van der Waals surface area contributed by atoms with Gasteiger partial charge in [-0.25, -0.2) is 4.79 Å². The molecule has 0 radical (unpaired) electrons. The minimum absolute atomic E-state index is 0.0135. The quantitative estimate of drug-likeness (QED) is 0.295. The highest BCUT2D eigenvalue weighted by molar-refractivity contribution is 6.12. The molecule has 30 heavy (non-hydrogen) atoms. The van der Waals surface area contributed by atoms with Crippen molar-refractivity contribution in [2.45, 2.75) is 38.5 Å². The molecule has 12 nitrogen and oxygen atoms in total. The second kappa shape index (κ2) is 10.8. The van der Waals surface area contributed by atoms with E-state index in [0.717, 1.165) is 17.1 Å². The molecule has 162 valence electrons. The first-order valence-corrected chi connectivity index (χ1v) is 9.41. The molecule has 0 aromatic heterocycles. The Labute approximate surface area is 171 Å². The number of nitrogens with one attached hydrogen (secondary N) is 2. The third kappa shape index (κ3) is 6.79. The molecule has 2 aliphatic heterocycles. The smallest absolute Gasteiger partial charge is 0.333 e. The second-order valence-electron chi connectivity index (χ2n) is 6.54. The van der Waals surface area contributed by atoms with Crippen LogP contribution in [-0.4, -0.2) is 71.0 Å². The number of hydrogen-bond acceptors (Lipinski definition) is 8. The molecule has 2 N–H and O–H groups in total. The molecule has 1 fully saturated rings. The van der Waals surface area contributed by atoms with Crippen LogP contribution >= 0.6 is 0 Å². The van der Waals surface area contributed by atoms with Gasteiger partial charge < -0.3 is 15.5 Å². The van der Waals surface area contributed by atoms with Crippen molar-refractivity contribution in [3.63, 3.8) is 0 Å². The van der Waals surface area contributed by atoms with Crippen molar-refractivity contribution in [2.24, 2.45) is 0 Å². The minimum Gasteiger partial charge on any atom is -0.355 e. The predicted octanol–water partition coefficient (Wildman–Crippen LogP) is -1.69. The summed E-state index contributed by atoms with van der Waals surface area (Å²) in [6, 6.07) is 0. The van der Waals surface area contributed by atoms with Gasteiger partial charge in [-0.05, 0) is 12.8 Å². The lowest BCUT2D eigenvalue weighted by Gasteiger charge is -2.13. The zero-order valence-electron chi connectivity index (χ0n) is 16.2. The van der Waals surface area contributed by atoms with Gasteiger partial charge in [0, 0.05) is 50.9 Å². The van der Waals surface area contributed by atoms with Crippen LogP contribution in [0.4, 0.5) is 0 Å². The summed E-state index contributed by atoms with van der Waals surface area (Å²) >= 11 is 0. The standard InChI is InChI=1S/C18H22N4O8/c23-12(3-2-10-21-14(25)5-6-15(21)26)20-11-13(24)19-9-1-4-18(29)30-22-16(27)7-8-17(22)28/h5-6H,1-4,7-11H2,(H,19,24)(H,20,23). The Balaban J connectivity index is 1.50. The number of carbonyl (C=O) groups is 7. The van der Waals surface area contributed by atoms with Crippen LogP contribution in [0.3, 0.4) is 0 Å². The monoisotopic (exact) mass is 422 g/mol. The molecule has 0 aromatic carbocycles. The maximum absolute atomic E-state index is 11.7. The fourth-order valence-corrected chi connectivity index (χ4v) is 2.64. The van der Waals surface area contributed by atoms with Crippen LogP contribution in [0.15, 0.2) is 12.2 Å². The van der Waals surface area contributed by atoms with Gasteiger partial charge in [-0.1, -0.05) is 0 Å². The van der Waals surface area contributed by atoms with Crippen molar-refractivity contribution in [1.29, 1.82) is 0 Å². The van der Waals surface area contributed by atoms with Gasteiger partial charge in [0.2, 0.25) is 11.8 Å². The van der Waals surface area contributed by atoms with Gasteiger partial charge in [0.1, 0.15) is 0 Å². The maximum Gasteiger partial charge on any atom is 0.333 e.